The molecular formula is C14H19NOS2. The van der Waals surface area contributed by atoms with Gasteiger partial charge in [0.05, 0.1) is 6.04 Å². The van der Waals surface area contributed by atoms with Crippen molar-refractivity contribution in [2.45, 2.75) is 25.4 Å². The van der Waals surface area contributed by atoms with Crippen LogP contribution in [0, 0.1) is 0 Å². The van der Waals surface area contributed by atoms with E-state index in [1.807, 2.05) is 22.7 Å². The fraction of sp³-hybridized carbons (Fsp3) is 0.429. The Kier molecular flexibility index (Phi) is 5.38. The van der Waals surface area contributed by atoms with Gasteiger partial charge in [-0.15, -0.1) is 22.7 Å². The van der Waals surface area contributed by atoms with Gasteiger partial charge in [0.2, 0.25) is 0 Å². The van der Waals surface area contributed by atoms with E-state index in [0.717, 1.165) is 13.0 Å². The van der Waals surface area contributed by atoms with Gasteiger partial charge in [0, 0.05) is 29.5 Å². The van der Waals surface area contributed by atoms with E-state index >= 15 is 0 Å². The summed E-state index contributed by atoms with van der Waals surface area (Å²) in [5.41, 5.74) is 0. The summed E-state index contributed by atoms with van der Waals surface area (Å²) in [6.07, 6.45) is 1.03. The third-order valence-corrected chi connectivity index (χ3v) is 4.74. The number of hydrogen-bond acceptors (Lipinski definition) is 4. The maximum Gasteiger partial charge on any atom is 0.0766 e. The molecule has 0 fully saturated rings. The third-order valence-electron chi connectivity index (χ3n) is 2.86. The molecule has 0 aliphatic heterocycles. The standard InChI is InChI=1S/C14H19NOS2/c1-11(7-8-16-2)15-14(12-5-3-9-17-12)13-6-4-10-18-13/h3-6,9-11,14-15H,7-8H2,1-2H3. The molecule has 0 saturated carbocycles. The highest BCUT2D eigenvalue weighted by Crippen LogP contribution is 2.29. The molecule has 2 aromatic rings. The fourth-order valence-corrected chi connectivity index (χ4v) is 3.56. The first-order valence-electron chi connectivity index (χ1n) is 6.13. The zero-order valence-corrected chi connectivity index (χ0v) is 12.4. The van der Waals surface area contributed by atoms with Crippen molar-refractivity contribution in [3.05, 3.63) is 44.8 Å². The monoisotopic (exact) mass is 281 g/mol. The molecule has 0 aliphatic rings. The fourth-order valence-electron chi connectivity index (χ4n) is 1.88. The summed E-state index contributed by atoms with van der Waals surface area (Å²) < 4.78 is 5.14. The van der Waals surface area contributed by atoms with Crippen LogP contribution in [0.1, 0.15) is 29.1 Å². The Morgan fingerprint density at radius 3 is 2.22 bits per heavy atom. The predicted molar refractivity (Wildman–Crippen MR) is 79.6 cm³/mol. The van der Waals surface area contributed by atoms with Crippen LogP contribution in [-0.2, 0) is 4.74 Å². The van der Waals surface area contributed by atoms with Gasteiger partial charge in [0.25, 0.3) is 0 Å². The minimum Gasteiger partial charge on any atom is -0.385 e. The minimum absolute atomic E-state index is 0.317. The number of nitrogens with one attached hydrogen (secondary N) is 1. The Morgan fingerprint density at radius 2 is 1.78 bits per heavy atom. The lowest BCUT2D eigenvalue weighted by Gasteiger charge is -2.21. The molecule has 0 spiro atoms. The molecule has 2 aromatic heterocycles. The highest BCUT2D eigenvalue weighted by Gasteiger charge is 2.18. The highest BCUT2D eigenvalue weighted by molar-refractivity contribution is 7.11. The molecule has 0 saturated heterocycles. The van der Waals surface area contributed by atoms with Crippen LogP contribution in [0.4, 0.5) is 0 Å². The quantitative estimate of drug-likeness (QED) is 0.830. The lowest BCUT2D eigenvalue weighted by molar-refractivity contribution is 0.183. The largest absolute Gasteiger partial charge is 0.385 e. The maximum absolute atomic E-state index is 5.14. The first-order chi connectivity index (χ1) is 8.81. The van der Waals surface area contributed by atoms with E-state index in [2.05, 4.69) is 47.3 Å². The summed E-state index contributed by atoms with van der Waals surface area (Å²) in [7, 11) is 1.75. The molecule has 0 aromatic carbocycles. The first kappa shape index (κ1) is 13.7. The molecule has 0 radical (unpaired) electrons. The molecule has 0 bridgehead atoms. The third kappa shape index (κ3) is 3.65. The molecule has 98 valence electrons. The average Bonchev–Trinajstić information content (AvgIpc) is 3.05. The molecule has 1 atom stereocenters. The maximum atomic E-state index is 5.14. The van der Waals surface area contributed by atoms with Crippen molar-refractivity contribution in [2.24, 2.45) is 0 Å². The molecular weight excluding hydrogens is 262 g/mol. The van der Waals surface area contributed by atoms with Gasteiger partial charge in [-0.05, 0) is 36.2 Å². The number of rotatable bonds is 7. The van der Waals surface area contributed by atoms with Crippen molar-refractivity contribution in [3.8, 4) is 0 Å². The minimum atomic E-state index is 0.317. The summed E-state index contributed by atoms with van der Waals surface area (Å²) in [4.78, 5) is 2.75. The summed E-state index contributed by atoms with van der Waals surface area (Å²) in [5, 5.41) is 7.97. The van der Waals surface area contributed by atoms with Gasteiger partial charge < -0.3 is 10.1 Å². The van der Waals surface area contributed by atoms with Gasteiger partial charge in [0.15, 0.2) is 0 Å². The predicted octanol–water partition coefficient (Wildman–Crippen LogP) is 3.91. The Balaban J connectivity index is 2.07. The van der Waals surface area contributed by atoms with Crippen LogP contribution in [0.15, 0.2) is 35.0 Å². The van der Waals surface area contributed by atoms with Crippen LogP contribution in [0.25, 0.3) is 0 Å². The van der Waals surface area contributed by atoms with Crippen molar-refractivity contribution in [1.29, 1.82) is 0 Å². The molecule has 0 aliphatic carbocycles. The van der Waals surface area contributed by atoms with Gasteiger partial charge in [0.1, 0.15) is 0 Å². The molecule has 1 unspecified atom stereocenters. The summed E-state index contributed by atoms with van der Waals surface area (Å²) in [5.74, 6) is 0. The van der Waals surface area contributed by atoms with Crippen LogP contribution in [0.5, 0.6) is 0 Å². The van der Waals surface area contributed by atoms with Crippen LogP contribution < -0.4 is 5.32 Å². The summed E-state index contributed by atoms with van der Waals surface area (Å²) >= 11 is 3.62. The average molecular weight is 281 g/mol. The second-order valence-corrected chi connectivity index (χ2v) is 6.27. The van der Waals surface area contributed by atoms with Crippen molar-refractivity contribution in [2.75, 3.05) is 13.7 Å². The molecule has 2 nitrogen and oxygen atoms in total. The van der Waals surface area contributed by atoms with Crippen LogP contribution in [-0.4, -0.2) is 19.8 Å². The normalized spacial score (nSPS) is 13.1. The van der Waals surface area contributed by atoms with E-state index in [9.17, 15) is 0 Å². The SMILES string of the molecule is COCCC(C)NC(c1cccs1)c1cccs1. The Hall–Kier alpha value is -0.680. The summed E-state index contributed by atoms with van der Waals surface area (Å²) in [6.45, 7) is 3.02. The number of thiophene rings is 2. The lowest BCUT2D eigenvalue weighted by Crippen LogP contribution is -2.31. The van der Waals surface area contributed by atoms with Crippen molar-refractivity contribution in [3.63, 3.8) is 0 Å². The van der Waals surface area contributed by atoms with E-state index in [0.29, 0.717) is 12.1 Å². The smallest absolute Gasteiger partial charge is 0.0766 e. The number of hydrogen-bond donors (Lipinski definition) is 1. The van der Waals surface area contributed by atoms with E-state index < -0.39 is 0 Å². The van der Waals surface area contributed by atoms with Crippen molar-refractivity contribution < 1.29 is 4.74 Å². The molecule has 2 heterocycles. The van der Waals surface area contributed by atoms with Crippen molar-refractivity contribution in [1.82, 2.24) is 5.32 Å². The second kappa shape index (κ2) is 7.04. The molecule has 1 N–H and O–H groups in total. The number of methoxy groups -OCH3 is 1. The van der Waals surface area contributed by atoms with Gasteiger partial charge >= 0.3 is 0 Å². The van der Waals surface area contributed by atoms with Crippen molar-refractivity contribution >= 4 is 22.7 Å². The molecule has 2 rings (SSSR count). The second-order valence-electron chi connectivity index (χ2n) is 4.31. The lowest BCUT2D eigenvalue weighted by atomic mass is 10.1. The van der Waals surface area contributed by atoms with Crippen LogP contribution in [0.3, 0.4) is 0 Å². The highest BCUT2D eigenvalue weighted by atomic mass is 32.1. The number of ether oxygens (including phenoxy) is 1. The molecule has 0 amide bonds. The Labute approximate surface area is 117 Å². The van der Waals surface area contributed by atoms with E-state index in [4.69, 9.17) is 4.74 Å². The van der Waals surface area contributed by atoms with E-state index in [1.165, 1.54) is 9.75 Å². The topological polar surface area (TPSA) is 21.3 Å². The zero-order valence-electron chi connectivity index (χ0n) is 10.8. The van der Waals surface area contributed by atoms with Crippen LogP contribution >= 0.6 is 22.7 Å². The van der Waals surface area contributed by atoms with Gasteiger partial charge in [-0.1, -0.05) is 12.1 Å². The van der Waals surface area contributed by atoms with Gasteiger partial charge in [-0.25, -0.2) is 0 Å². The Bertz CT molecular complexity index is 390. The Morgan fingerprint density at radius 1 is 1.17 bits per heavy atom. The molecule has 18 heavy (non-hydrogen) atoms. The summed E-state index contributed by atoms with van der Waals surface area (Å²) in [6, 6.07) is 9.39. The zero-order chi connectivity index (χ0) is 12.8. The first-order valence-corrected chi connectivity index (χ1v) is 7.89. The van der Waals surface area contributed by atoms with E-state index in [-0.39, 0.29) is 0 Å². The van der Waals surface area contributed by atoms with Crippen LogP contribution in [0.2, 0.25) is 0 Å². The van der Waals surface area contributed by atoms with Gasteiger partial charge in [-0.2, -0.15) is 0 Å². The van der Waals surface area contributed by atoms with Gasteiger partial charge in [-0.3, -0.25) is 0 Å². The van der Waals surface area contributed by atoms with E-state index in [1.54, 1.807) is 7.11 Å². The molecule has 4 heteroatoms.